The van der Waals surface area contributed by atoms with Gasteiger partial charge in [-0.1, -0.05) is 0 Å². The molecule has 0 saturated heterocycles. The van der Waals surface area contributed by atoms with Crippen molar-refractivity contribution < 1.29 is 8.42 Å². The van der Waals surface area contributed by atoms with Crippen LogP contribution in [-0.2, 0) is 16.6 Å². The highest BCUT2D eigenvalue weighted by Gasteiger charge is 2.18. The first kappa shape index (κ1) is 14.6. The molecule has 1 aromatic heterocycles. The molecule has 0 aliphatic heterocycles. The number of rotatable bonds is 7. The lowest BCUT2D eigenvalue weighted by atomic mass is 10.3. The Balaban J connectivity index is 2.57. The summed E-state index contributed by atoms with van der Waals surface area (Å²) in [6.07, 6.45) is 1.36. The molecule has 0 unspecified atom stereocenters. The molecule has 0 aliphatic rings. The van der Waals surface area contributed by atoms with Crippen molar-refractivity contribution in [3.63, 3.8) is 0 Å². The Kier molecular flexibility index (Phi) is 5.51. The van der Waals surface area contributed by atoms with Crippen LogP contribution in [0.15, 0.2) is 5.51 Å². The van der Waals surface area contributed by atoms with E-state index in [0.717, 1.165) is 17.0 Å². The minimum atomic E-state index is -3.17. The normalized spacial score (nSPS) is 12.2. The number of hydrogen-bond donors (Lipinski definition) is 1. The zero-order valence-electron chi connectivity index (χ0n) is 10.2. The molecule has 0 saturated carbocycles. The van der Waals surface area contributed by atoms with E-state index in [-0.39, 0.29) is 5.75 Å². The second-order valence-corrected chi connectivity index (χ2v) is 7.06. The number of unbranched alkanes of at least 4 members (excludes halogenated alkanes) is 1. The van der Waals surface area contributed by atoms with Crippen molar-refractivity contribution in [1.29, 1.82) is 0 Å². The van der Waals surface area contributed by atoms with Gasteiger partial charge in [0.1, 0.15) is 0 Å². The molecule has 1 heterocycles. The number of nitrogens with zero attached hydrogens (tertiary/aromatic N) is 2. The fourth-order valence-electron chi connectivity index (χ4n) is 1.36. The molecule has 0 aliphatic carbocycles. The van der Waals surface area contributed by atoms with Gasteiger partial charge in [-0.15, -0.1) is 11.3 Å². The van der Waals surface area contributed by atoms with Crippen LogP contribution in [0.4, 0.5) is 0 Å². The average molecular weight is 277 g/mol. The number of aromatic nitrogens is 1. The summed E-state index contributed by atoms with van der Waals surface area (Å²) in [4.78, 5) is 5.10. The van der Waals surface area contributed by atoms with Gasteiger partial charge in [0.15, 0.2) is 0 Å². The van der Waals surface area contributed by atoms with E-state index in [1.54, 1.807) is 12.6 Å². The highest BCUT2D eigenvalue weighted by atomic mass is 32.2. The van der Waals surface area contributed by atoms with E-state index in [1.165, 1.54) is 15.6 Å². The zero-order valence-corrected chi connectivity index (χ0v) is 11.9. The molecule has 0 bridgehead atoms. The minimum absolute atomic E-state index is 0.165. The smallest absolute Gasteiger partial charge is 0.214 e. The molecular formula is C10H19N3O2S2. The summed E-state index contributed by atoms with van der Waals surface area (Å²) in [6, 6.07) is 0. The van der Waals surface area contributed by atoms with Gasteiger partial charge in [-0.25, -0.2) is 13.4 Å². The lowest BCUT2D eigenvalue weighted by Gasteiger charge is -2.16. The Bertz CT molecular complexity index is 442. The summed E-state index contributed by atoms with van der Waals surface area (Å²) < 4.78 is 25.2. The summed E-state index contributed by atoms with van der Waals surface area (Å²) in [6.45, 7) is 2.83. The fourth-order valence-corrected chi connectivity index (χ4v) is 3.48. The maximum Gasteiger partial charge on any atom is 0.214 e. The van der Waals surface area contributed by atoms with Gasteiger partial charge in [0.25, 0.3) is 0 Å². The highest BCUT2D eigenvalue weighted by molar-refractivity contribution is 7.89. The molecule has 5 nitrogen and oxygen atoms in total. The van der Waals surface area contributed by atoms with Crippen molar-refractivity contribution in [3.8, 4) is 0 Å². The predicted octanol–water partition coefficient (Wildman–Crippen LogP) is 0.952. The number of sulfonamides is 1. The van der Waals surface area contributed by atoms with Crippen molar-refractivity contribution in [2.45, 2.75) is 26.3 Å². The fraction of sp³-hybridized carbons (Fsp3) is 0.700. The van der Waals surface area contributed by atoms with Gasteiger partial charge < -0.3 is 5.73 Å². The SMILES string of the molecule is Cc1ncsc1CN(C)S(=O)(=O)CCCCN. The zero-order chi connectivity index (χ0) is 12.9. The van der Waals surface area contributed by atoms with Crippen molar-refractivity contribution >= 4 is 21.4 Å². The lowest BCUT2D eigenvalue weighted by Crippen LogP contribution is -2.29. The summed E-state index contributed by atoms with van der Waals surface area (Å²) in [5.74, 6) is 0.165. The molecular weight excluding hydrogens is 258 g/mol. The third kappa shape index (κ3) is 4.34. The quantitative estimate of drug-likeness (QED) is 0.753. The van der Waals surface area contributed by atoms with Gasteiger partial charge in [-0.05, 0) is 26.3 Å². The highest BCUT2D eigenvalue weighted by Crippen LogP contribution is 2.16. The molecule has 17 heavy (non-hydrogen) atoms. The molecule has 0 amide bonds. The molecule has 0 atom stereocenters. The van der Waals surface area contributed by atoms with E-state index in [9.17, 15) is 8.42 Å². The summed E-state index contributed by atoms with van der Waals surface area (Å²) in [5, 5.41) is 0. The number of thiazole rings is 1. The van der Waals surface area contributed by atoms with Crippen LogP contribution in [0.2, 0.25) is 0 Å². The maximum absolute atomic E-state index is 11.9. The standard InChI is InChI=1S/C10H19N3O2S2/c1-9-10(16-8-12-9)7-13(2)17(14,15)6-4-3-5-11/h8H,3-7,11H2,1-2H3. The van der Waals surface area contributed by atoms with Gasteiger partial charge in [0.2, 0.25) is 10.0 Å². The van der Waals surface area contributed by atoms with Crippen LogP contribution < -0.4 is 5.73 Å². The Morgan fingerprint density at radius 1 is 1.47 bits per heavy atom. The van der Waals surface area contributed by atoms with Gasteiger partial charge in [-0.3, -0.25) is 0 Å². The van der Waals surface area contributed by atoms with Gasteiger partial charge in [0, 0.05) is 18.5 Å². The van der Waals surface area contributed by atoms with Crippen molar-refractivity contribution in [2.75, 3.05) is 19.3 Å². The average Bonchev–Trinajstić information content (AvgIpc) is 2.64. The number of aryl methyl sites for hydroxylation is 1. The van der Waals surface area contributed by atoms with Gasteiger partial charge in [0.05, 0.1) is 17.0 Å². The Hall–Kier alpha value is -0.500. The molecule has 2 N–H and O–H groups in total. The van der Waals surface area contributed by atoms with Crippen LogP contribution in [0, 0.1) is 6.92 Å². The van der Waals surface area contributed by atoms with E-state index < -0.39 is 10.0 Å². The first-order valence-electron chi connectivity index (χ1n) is 5.50. The molecule has 0 radical (unpaired) electrons. The van der Waals surface area contributed by atoms with Crippen LogP contribution >= 0.6 is 11.3 Å². The molecule has 98 valence electrons. The summed E-state index contributed by atoms with van der Waals surface area (Å²) in [5.41, 5.74) is 7.99. The third-order valence-corrected chi connectivity index (χ3v) is 5.35. The van der Waals surface area contributed by atoms with E-state index >= 15 is 0 Å². The third-order valence-electron chi connectivity index (χ3n) is 2.54. The van der Waals surface area contributed by atoms with Crippen molar-refractivity contribution in [1.82, 2.24) is 9.29 Å². The first-order valence-corrected chi connectivity index (χ1v) is 7.99. The van der Waals surface area contributed by atoms with Crippen LogP contribution in [-0.4, -0.2) is 37.1 Å². The molecule has 1 rings (SSSR count). The topological polar surface area (TPSA) is 76.3 Å². The molecule has 0 aromatic carbocycles. The van der Waals surface area contributed by atoms with E-state index in [0.29, 0.717) is 19.5 Å². The van der Waals surface area contributed by atoms with E-state index in [2.05, 4.69) is 4.98 Å². The Morgan fingerprint density at radius 3 is 2.71 bits per heavy atom. The Morgan fingerprint density at radius 2 is 2.18 bits per heavy atom. The summed E-state index contributed by atoms with van der Waals surface area (Å²) >= 11 is 1.49. The largest absolute Gasteiger partial charge is 0.330 e. The van der Waals surface area contributed by atoms with Crippen molar-refractivity contribution in [2.24, 2.45) is 5.73 Å². The number of hydrogen-bond acceptors (Lipinski definition) is 5. The van der Waals surface area contributed by atoms with Crippen LogP contribution in [0.1, 0.15) is 23.4 Å². The Labute approximate surface area is 107 Å². The summed E-state index contributed by atoms with van der Waals surface area (Å²) in [7, 11) is -1.56. The molecule has 7 heteroatoms. The monoisotopic (exact) mass is 277 g/mol. The maximum atomic E-state index is 11.9. The van der Waals surface area contributed by atoms with E-state index in [1.807, 2.05) is 6.92 Å². The van der Waals surface area contributed by atoms with Crippen LogP contribution in [0.3, 0.4) is 0 Å². The second-order valence-electron chi connectivity index (χ2n) is 3.93. The second kappa shape index (κ2) is 6.44. The van der Waals surface area contributed by atoms with Crippen LogP contribution in [0.5, 0.6) is 0 Å². The van der Waals surface area contributed by atoms with Crippen molar-refractivity contribution in [3.05, 3.63) is 16.1 Å². The van der Waals surface area contributed by atoms with Crippen LogP contribution in [0.25, 0.3) is 0 Å². The van der Waals surface area contributed by atoms with Gasteiger partial charge >= 0.3 is 0 Å². The predicted molar refractivity (Wildman–Crippen MR) is 70.4 cm³/mol. The lowest BCUT2D eigenvalue weighted by molar-refractivity contribution is 0.466. The minimum Gasteiger partial charge on any atom is -0.330 e. The molecule has 0 fully saturated rings. The van der Waals surface area contributed by atoms with E-state index in [4.69, 9.17) is 5.73 Å². The number of nitrogens with two attached hydrogens (primary N) is 1. The first-order chi connectivity index (χ1) is 7.97. The molecule has 0 spiro atoms. The van der Waals surface area contributed by atoms with Gasteiger partial charge in [-0.2, -0.15) is 4.31 Å². The molecule has 1 aromatic rings.